The van der Waals surface area contributed by atoms with Crippen LogP contribution in [0.25, 0.3) is 16.9 Å². The maximum Gasteiger partial charge on any atom is 0.387 e. The predicted molar refractivity (Wildman–Crippen MR) is 141 cm³/mol. The first-order valence-electron chi connectivity index (χ1n) is 12.3. The first-order chi connectivity index (χ1) is 19.2. The van der Waals surface area contributed by atoms with Gasteiger partial charge in [0.25, 0.3) is 5.91 Å². The lowest BCUT2D eigenvalue weighted by molar-refractivity contribution is -0.133. The van der Waals surface area contributed by atoms with E-state index >= 15 is 0 Å². The fourth-order valence-electron chi connectivity index (χ4n) is 4.59. The van der Waals surface area contributed by atoms with Crippen LogP contribution in [0.2, 0.25) is 5.02 Å². The van der Waals surface area contributed by atoms with Gasteiger partial charge in [-0.2, -0.15) is 13.9 Å². The van der Waals surface area contributed by atoms with Crippen molar-refractivity contribution in [1.29, 1.82) is 0 Å². The number of aliphatic hydroxyl groups is 1. The molecule has 0 bridgehead atoms. The molecule has 12 nitrogen and oxygen atoms in total. The van der Waals surface area contributed by atoms with Crippen LogP contribution in [0.15, 0.2) is 42.9 Å². The standard InChI is InChI=1S/C25H25ClF2N8O4/c26-15-2-3-18(40-25(27)28)16(10-15)21-17(31-24(39)20-22(29)33-36-7-1-6-30-23(20)36)11-35(32-21)12-19(38)34-8-4-14(13-37)5-9-34/h1-3,6-7,10-11,14,25,37H,4-5,8-9,12-13H2,(H2,29,33)(H,31,39). The number of benzene rings is 1. The maximum atomic E-state index is 13.4. The molecule has 0 unspecified atom stereocenters. The molecule has 1 saturated heterocycles. The Balaban J connectivity index is 1.50. The number of alkyl halides is 2. The molecule has 4 aromatic rings. The molecule has 0 spiro atoms. The van der Waals surface area contributed by atoms with Crippen LogP contribution in [-0.4, -0.2) is 72.5 Å². The topological polar surface area (TPSA) is 153 Å². The van der Waals surface area contributed by atoms with Crippen molar-refractivity contribution in [3.05, 3.63) is 53.4 Å². The van der Waals surface area contributed by atoms with Crippen LogP contribution >= 0.6 is 11.6 Å². The minimum absolute atomic E-state index is 0.00252. The normalized spacial score (nSPS) is 14.2. The van der Waals surface area contributed by atoms with Crippen molar-refractivity contribution >= 4 is 40.6 Å². The molecular weight excluding hydrogens is 550 g/mol. The van der Waals surface area contributed by atoms with E-state index in [0.29, 0.717) is 25.9 Å². The van der Waals surface area contributed by atoms with Gasteiger partial charge in [-0.1, -0.05) is 11.6 Å². The molecule has 0 saturated carbocycles. The molecule has 2 amide bonds. The zero-order chi connectivity index (χ0) is 28.4. The zero-order valence-corrected chi connectivity index (χ0v) is 21.8. The molecule has 1 aliphatic rings. The van der Waals surface area contributed by atoms with Gasteiger partial charge >= 0.3 is 6.61 Å². The number of ether oxygens (including phenoxy) is 1. The van der Waals surface area contributed by atoms with Crippen molar-refractivity contribution in [3.8, 4) is 17.0 Å². The monoisotopic (exact) mass is 574 g/mol. The van der Waals surface area contributed by atoms with Crippen LogP contribution in [-0.2, 0) is 11.3 Å². The van der Waals surface area contributed by atoms with E-state index in [1.54, 1.807) is 17.2 Å². The Kier molecular flexibility index (Phi) is 7.80. The highest BCUT2D eigenvalue weighted by atomic mass is 35.5. The van der Waals surface area contributed by atoms with Gasteiger partial charge < -0.3 is 25.8 Å². The van der Waals surface area contributed by atoms with E-state index in [1.165, 1.54) is 39.8 Å². The Labute approximate surface area is 231 Å². The summed E-state index contributed by atoms with van der Waals surface area (Å²) in [4.78, 5) is 32.2. The van der Waals surface area contributed by atoms with Gasteiger partial charge in [0.2, 0.25) is 5.91 Å². The number of anilines is 2. The molecule has 4 heterocycles. The fraction of sp³-hybridized carbons (Fsp3) is 0.320. The largest absolute Gasteiger partial charge is 0.434 e. The summed E-state index contributed by atoms with van der Waals surface area (Å²) >= 11 is 6.17. The third-order valence-electron chi connectivity index (χ3n) is 6.59. The first kappa shape index (κ1) is 27.3. The molecule has 1 aromatic carbocycles. The fourth-order valence-corrected chi connectivity index (χ4v) is 4.76. The maximum absolute atomic E-state index is 13.4. The van der Waals surface area contributed by atoms with Crippen LogP contribution in [0, 0.1) is 5.92 Å². The minimum atomic E-state index is -3.13. The van der Waals surface area contributed by atoms with E-state index < -0.39 is 12.5 Å². The number of nitrogens with one attached hydrogen (secondary N) is 1. The molecular formula is C25H25ClF2N8O4. The van der Waals surface area contributed by atoms with E-state index in [-0.39, 0.29) is 69.7 Å². The summed E-state index contributed by atoms with van der Waals surface area (Å²) in [5.41, 5.74) is 6.40. The molecule has 5 rings (SSSR count). The highest BCUT2D eigenvalue weighted by Crippen LogP contribution is 2.37. The number of piperidine rings is 1. The lowest BCUT2D eigenvalue weighted by Gasteiger charge is -2.31. The lowest BCUT2D eigenvalue weighted by Crippen LogP contribution is -2.40. The molecule has 1 fully saturated rings. The van der Waals surface area contributed by atoms with Gasteiger partial charge in [-0.3, -0.25) is 14.3 Å². The number of nitrogens with zero attached hydrogens (tertiary/aromatic N) is 6. The summed E-state index contributed by atoms with van der Waals surface area (Å²) in [6.07, 6.45) is 5.83. The lowest BCUT2D eigenvalue weighted by atomic mass is 9.98. The Morgan fingerprint density at radius 3 is 2.75 bits per heavy atom. The number of nitrogen functional groups attached to an aromatic ring is 1. The quantitative estimate of drug-likeness (QED) is 0.290. The van der Waals surface area contributed by atoms with E-state index in [2.05, 4.69) is 25.2 Å². The van der Waals surface area contributed by atoms with Crippen LogP contribution in [0.4, 0.5) is 20.3 Å². The number of likely N-dealkylation sites (tertiary alicyclic amines) is 1. The predicted octanol–water partition coefficient (Wildman–Crippen LogP) is 2.91. The molecule has 0 atom stereocenters. The van der Waals surface area contributed by atoms with Crippen molar-refractivity contribution < 1.29 is 28.2 Å². The van der Waals surface area contributed by atoms with Crippen LogP contribution in [0.3, 0.4) is 0 Å². The first-order valence-corrected chi connectivity index (χ1v) is 12.7. The highest BCUT2D eigenvalue weighted by Gasteiger charge is 2.26. The van der Waals surface area contributed by atoms with Gasteiger partial charge in [0, 0.05) is 48.9 Å². The number of fused-ring (bicyclic) bond motifs is 1. The molecule has 210 valence electrons. The summed E-state index contributed by atoms with van der Waals surface area (Å²) in [7, 11) is 0. The van der Waals surface area contributed by atoms with E-state index in [1.807, 2.05) is 0 Å². The zero-order valence-electron chi connectivity index (χ0n) is 21.0. The van der Waals surface area contributed by atoms with Crippen LogP contribution < -0.4 is 15.8 Å². The molecule has 15 heteroatoms. The number of amides is 2. The van der Waals surface area contributed by atoms with Gasteiger partial charge in [-0.15, -0.1) is 5.10 Å². The van der Waals surface area contributed by atoms with Gasteiger partial charge in [0.15, 0.2) is 11.5 Å². The third kappa shape index (κ3) is 5.67. The second-order valence-electron chi connectivity index (χ2n) is 9.22. The van der Waals surface area contributed by atoms with E-state index in [4.69, 9.17) is 17.3 Å². The van der Waals surface area contributed by atoms with E-state index in [0.717, 1.165) is 0 Å². The molecule has 0 radical (unpaired) electrons. The number of rotatable bonds is 8. The summed E-state index contributed by atoms with van der Waals surface area (Å²) in [5.74, 6) is -1.05. The number of hydrogen-bond acceptors (Lipinski definition) is 8. The number of hydrogen-bond donors (Lipinski definition) is 3. The average Bonchev–Trinajstić information content (AvgIpc) is 3.48. The Hall–Kier alpha value is -4.30. The van der Waals surface area contributed by atoms with Crippen LogP contribution in [0.1, 0.15) is 23.2 Å². The average molecular weight is 575 g/mol. The number of carbonyl (C=O) groups excluding carboxylic acids is 2. The van der Waals surface area contributed by atoms with E-state index in [9.17, 15) is 23.5 Å². The van der Waals surface area contributed by atoms with Gasteiger partial charge in [0.05, 0.1) is 5.69 Å². The van der Waals surface area contributed by atoms with Crippen molar-refractivity contribution in [2.45, 2.75) is 26.0 Å². The number of aromatic nitrogens is 5. The van der Waals surface area contributed by atoms with Crippen LogP contribution in [0.5, 0.6) is 5.75 Å². The van der Waals surface area contributed by atoms with Crippen molar-refractivity contribution in [3.63, 3.8) is 0 Å². The molecule has 3 aromatic heterocycles. The summed E-state index contributed by atoms with van der Waals surface area (Å²) in [6, 6.07) is 5.63. The van der Waals surface area contributed by atoms with Crippen molar-refractivity contribution in [2.24, 2.45) is 5.92 Å². The Bertz CT molecular complexity index is 1550. The second-order valence-corrected chi connectivity index (χ2v) is 9.65. The summed E-state index contributed by atoms with van der Waals surface area (Å²) in [6.45, 7) is -2.26. The van der Waals surface area contributed by atoms with Gasteiger partial charge in [-0.05, 0) is 43.0 Å². The number of carbonyl (C=O) groups is 2. The Morgan fingerprint density at radius 1 is 1.25 bits per heavy atom. The van der Waals surface area contributed by atoms with Gasteiger partial charge in [-0.25, -0.2) is 9.50 Å². The molecule has 1 aliphatic heterocycles. The molecule has 0 aliphatic carbocycles. The summed E-state index contributed by atoms with van der Waals surface area (Å²) < 4.78 is 33.7. The van der Waals surface area contributed by atoms with Gasteiger partial charge in [0.1, 0.15) is 23.6 Å². The SMILES string of the molecule is Nc1nn2cccnc2c1C(=O)Nc1cn(CC(=O)N2CCC(CO)CC2)nc1-c1cc(Cl)ccc1OC(F)F. The second kappa shape index (κ2) is 11.4. The Morgan fingerprint density at radius 2 is 2.02 bits per heavy atom. The smallest absolute Gasteiger partial charge is 0.387 e. The number of nitrogens with two attached hydrogens (primary N) is 1. The number of halogens is 3. The van der Waals surface area contributed by atoms with Crippen molar-refractivity contribution in [1.82, 2.24) is 29.3 Å². The minimum Gasteiger partial charge on any atom is -0.434 e. The summed E-state index contributed by atoms with van der Waals surface area (Å²) in [5, 5.41) is 20.8. The number of aliphatic hydroxyl groups excluding tert-OH is 1. The third-order valence-corrected chi connectivity index (χ3v) is 6.83. The highest BCUT2D eigenvalue weighted by molar-refractivity contribution is 6.31. The van der Waals surface area contributed by atoms with Crippen molar-refractivity contribution in [2.75, 3.05) is 30.7 Å². The molecule has 4 N–H and O–H groups in total. The molecule has 40 heavy (non-hydrogen) atoms.